The Kier molecular flexibility index (Phi) is 4.78. The molecule has 7 heteroatoms. The van der Waals surface area contributed by atoms with E-state index in [9.17, 15) is 14.0 Å². The van der Waals surface area contributed by atoms with Gasteiger partial charge in [0, 0.05) is 4.47 Å². The smallest absolute Gasteiger partial charge is 0.270 e. The summed E-state index contributed by atoms with van der Waals surface area (Å²) in [6.45, 7) is 1.84. The normalized spacial score (nSPS) is 16.4. The van der Waals surface area contributed by atoms with Gasteiger partial charge in [0.25, 0.3) is 11.8 Å². The summed E-state index contributed by atoms with van der Waals surface area (Å²) < 4.78 is 13.9. The quantitative estimate of drug-likeness (QED) is 0.459. The fourth-order valence-corrected chi connectivity index (χ4v) is 3.22. The largest absolute Gasteiger partial charge is 0.298 e. The Morgan fingerprint density at radius 3 is 2.48 bits per heavy atom. The monoisotopic (exact) mass is 418 g/mol. The highest BCUT2D eigenvalue weighted by Gasteiger charge is 2.35. The average Bonchev–Trinajstić information content (AvgIpc) is 2.55. The van der Waals surface area contributed by atoms with Gasteiger partial charge in [-0.2, -0.15) is 0 Å². The Balaban J connectivity index is 2.03. The van der Waals surface area contributed by atoms with Crippen LogP contribution in [0, 0.1) is 12.7 Å². The number of amides is 2. The standard InChI is InChI=1S/C18H12BrFN2O2S/c1-10-8-12(19)4-7-15(10)22-17(24)14(16(23)21-18(22)25)9-11-2-5-13(20)6-3-11/h2-9H,1H3,(H,21,23,25). The summed E-state index contributed by atoms with van der Waals surface area (Å²) in [5.74, 6) is -1.50. The summed E-state index contributed by atoms with van der Waals surface area (Å²) >= 11 is 8.55. The number of aryl methyl sites for hydroxylation is 1. The molecule has 1 fully saturated rings. The third-order valence-electron chi connectivity index (χ3n) is 3.68. The van der Waals surface area contributed by atoms with Crippen LogP contribution >= 0.6 is 28.1 Å². The van der Waals surface area contributed by atoms with Crippen LogP contribution in [0.4, 0.5) is 10.1 Å². The first-order valence-corrected chi connectivity index (χ1v) is 8.50. The summed E-state index contributed by atoms with van der Waals surface area (Å²) in [5.41, 5.74) is 1.88. The number of hydrogen-bond acceptors (Lipinski definition) is 3. The van der Waals surface area contributed by atoms with Crippen molar-refractivity contribution in [2.24, 2.45) is 0 Å². The number of nitrogens with zero attached hydrogens (tertiary/aromatic N) is 1. The number of carbonyl (C=O) groups excluding carboxylic acids is 2. The van der Waals surface area contributed by atoms with Crippen molar-refractivity contribution in [3.63, 3.8) is 0 Å². The zero-order chi connectivity index (χ0) is 18.1. The van der Waals surface area contributed by atoms with Crippen molar-refractivity contribution in [1.82, 2.24) is 5.32 Å². The summed E-state index contributed by atoms with van der Waals surface area (Å²) in [6, 6.07) is 10.9. The Bertz CT molecular complexity index is 925. The van der Waals surface area contributed by atoms with Crippen molar-refractivity contribution in [2.75, 3.05) is 4.90 Å². The Morgan fingerprint density at radius 1 is 1.16 bits per heavy atom. The molecular weight excluding hydrogens is 407 g/mol. The average molecular weight is 419 g/mol. The first-order chi connectivity index (χ1) is 11.9. The Morgan fingerprint density at radius 2 is 1.84 bits per heavy atom. The summed E-state index contributed by atoms with van der Waals surface area (Å²) in [5, 5.41) is 2.55. The molecule has 1 heterocycles. The number of hydrogen-bond donors (Lipinski definition) is 1. The van der Waals surface area contributed by atoms with E-state index >= 15 is 0 Å². The zero-order valence-electron chi connectivity index (χ0n) is 13.0. The molecule has 1 aliphatic heterocycles. The van der Waals surface area contributed by atoms with Gasteiger partial charge in [-0.1, -0.05) is 28.1 Å². The SMILES string of the molecule is Cc1cc(Br)ccc1N1C(=O)C(=Cc2ccc(F)cc2)C(=O)NC1=S. The van der Waals surface area contributed by atoms with Gasteiger partial charge in [-0.3, -0.25) is 19.8 Å². The van der Waals surface area contributed by atoms with E-state index in [0.717, 1.165) is 10.0 Å². The maximum atomic E-state index is 13.0. The van der Waals surface area contributed by atoms with E-state index in [1.54, 1.807) is 12.1 Å². The van der Waals surface area contributed by atoms with Crippen molar-refractivity contribution in [2.45, 2.75) is 6.92 Å². The van der Waals surface area contributed by atoms with Gasteiger partial charge in [-0.15, -0.1) is 0 Å². The van der Waals surface area contributed by atoms with Gasteiger partial charge in [-0.05, 0) is 66.7 Å². The van der Waals surface area contributed by atoms with Gasteiger partial charge < -0.3 is 0 Å². The molecule has 1 aliphatic rings. The van der Waals surface area contributed by atoms with Gasteiger partial charge in [0.1, 0.15) is 11.4 Å². The number of benzene rings is 2. The second-order valence-corrected chi connectivity index (χ2v) is 6.74. The van der Waals surface area contributed by atoms with E-state index in [2.05, 4.69) is 21.2 Å². The highest BCUT2D eigenvalue weighted by atomic mass is 79.9. The van der Waals surface area contributed by atoms with Crippen LogP contribution in [0.1, 0.15) is 11.1 Å². The van der Waals surface area contributed by atoms with Crippen LogP contribution in [-0.4, -0.2) is 16.9 Å². The summed E-state index contributed by atoms with van der Waals surface area (Å²) in [4.78, 5) is 26.4. The lowest BCUT2D eigenvalue weighted by atomic mass is 10.1. The molecule has 0 saturated carbocycles. The van der Waals surface area contributed by atoms with E-state index in [-0.39, 0.29) is 10.7 Å². The number of nitrogens with one attached hydrogen (secondary N) is 1. The van der Waals surface area contributed by atoms with E-state index < -0.39 is 17.6 Å². The molecule has 2 aromatic rings. The topological polar surface area (TPSA) is 49.4 Å². The van der Waals surface area contributed by atoms with Gasteiger partial charge in [0.15, 0.2) is 5.11 Å². The lowest BCUT2D eigenvalue weighted by molar-refractivity contribution is -0.122. The highest BCUT2D eigenvalue weighted by Crippen LogP contribution is 2.27. The van der Waals surface area contributed by atoms with Crippen LogP contribution in [0.15, 0.2) is 52.5 Å². The molecule has 0 atom stereocenters. The molecule has 2 aromatic carbocycles. The highest BCUT2D eigenvalue weighted by molar-refractivity contribution is 9.10. The number of anilines is 1. The Hall–Kier alpha value is -2.38. The molecule has 2 amide bonds. The molecule has 0 aromatic heterocycles. The van der Waals surface area contributed by atoms with E-state index in [1.807, 2.05) is 13.0 Å². The molecule has 3 rings (SSSR count). The van der Waals surface area contributed by atoms with Crippen molar-refractivity contribution < 1.29 is 14.0 Å². The van der Waals surface area contributed by atoms with E-state index in [4.69, 9.17) is 12.2 Å². The predicted molar refractivity (Wildman–Crippen MR) is 101 cm³/mol. The number of thiocarbonyl (C=S) groups is 1. The van der Waals surface area contributed by atoms with Crippen molar-refractivity contribution in [1.29, 1.82) is 0 Å². The summed E-state index contributed by atoms with van der Waals surface area (Å²) in [6.07, 6.45) is 1.42. The molecule has 0 bridgehead atoms. The maximum absolute atomic E-state index is 13.0. The van der Waals surface area contributed by atoms with E-state index in [0.29, 0.717) is 11.3 Å². The second-order valence-electron chi connectivity index (χ2n) is 5.44. The number of halogens is 2. The molecule has 0 spiro atoms. The molecule has 126 valence electrons. The van der Waals surface area contributed by atoms with Crippen LogP contribution in [0.2, 0.25) is 0 Å². The van der Waals surface area contributed by atoms with Gasteiger partial charge >= 0.3 is 0 Å². The fraction of sp³-hybridized carbons (Fsp3) is 0.0556. The third kappa shape index (κ3) is 3.52. The number of rotatable bonds is 2. The molecule has 0 unspecified atom stereocenters. The summed E-state index contributed by atoms with van der Waals surface area (Å²) in [7, 11) is 0. The van der Waals surface area contributed by atoms with Crippen LogP contribution in [0.5, 0.6) is 0 Å². The minimum absolute atomic E-state index is 0.0247. The van der Waals surface area contributed by atoms with E-state index in [1.165, 1.54) is 35.2 Å². The first-order valence-electron chi connectivity index (χ1n) is 7.30. The predicted octanol–water partition coefficient (Wildman–Crippen LogP) is 3.73. The van der Waals surface area contributed by atoms with Gasteiger partial charge in [-0.25, -0.2) is 4.39 Å². The van der Waals surface area contributed by atoms with Crippen LogP contribution in [0.25, 0.3) is 6.08 Å². The van der Waals surface area contributed by atoms with Crippen molar-refractivity contribution in [3.8, 4) is 0 Å². The minimum atomic E-state index is -0.578. The zero-order valence-corrected chi connectivity index (χ0v) is 15.4. The fourth-order valence-electron chi connectivity index (χ4n) is 2.47. The first kappa shape index (κ1) is 17.4. The van der Waals surface area contributed by atoms with Crippen molar-refractivity contribution in [3.05, 3.63) is 69.5 Å². The van der Waals surface area contributed by atoms with Crippen molar-refractivity contribution >= 4 is 56.8 Å². The van der Waals surface area contributed by atoms with Crippen LogP contribution in [-0.2, 0) is 9.59 Å². The van der Waals surface area contributed by atoms with Gasteiger partial charge in [0.05, 0.1) is 5.69 Å². The van der Waals surface area contributed by atoms with Gasteiger partial charge in [0.2, 0.25) is 0 Å². The van der Waals surface area contributed by atoms with Crippen LogP contribution in [0.3, 0.4) is 0 Å². The molecule has 0 aliphatic carbocycles. The third-order valence-corrected chi connectivity index (χ3v) is 4.46. The lowest BCUT2D eigenvalue weighted by Crippen LogP contribution is -2.54. The lowest BCUT2D eigenvalue weighted by Gasteiger charge is -2.30. The molecule has 0 radical (unpaired) electrons. The Labute approximate surface area is 157 Å². The van der Waals surface area contributed by atoms with Crippen LogP contribution < -0.4 is 10.2 Å². The minimum Gasteiger partial charge on any atom is -0.298 e. The molecule has 1 saturated heterocycles. The maximum Gasteiger partial charge on any atom is 0.270 e. The molecular formula is C18H12BrFN2O2S. The number of carbonyl (C=O) groups is 2. The molecule has 4 nitrogen and oxygen atoms in total. The second kappa shape index (κ2) is 6.85. The molecule has 1 N–H and O–H groups in total. The molecule has 25 heavy (non-hydrogen) atoms.